The van der Waals surface area contributed by atoms with E-state index in [0.717, 1.165) is 12.8 Å². The van der Waals surface area contributed by atoms with Crippen LogP contribution in [0.3, 0.4) is 0 Å². The summed E-state index contributed by atoms with van der Waals surface area (Å²) in [5, 5.41) is 9.26. The highest BCUT2D eigenvalue weighted by molar-refractivity contribution is 6.30. The van der Waals surface area contributed by atoms with E-state index in [1.165, 1.54) is 17.2 Å². The topological polar surface area (TPSA) is 70.5 Å². The molecule has 96 valence electrons. The van der Waals surface area contributed by atoms with E-state index in [-0.39, 0.29) is 18.1 Å². The Bertz CT molecular complexity index is 457. The predicted octanol–water partition coefficient (Wildman–Crippen LogP) is 1.67. The molecular weight excluding hydrogens is 256 g/mol. The number of pyridine rings is 1. The largest absolute Gasteiger partial charge is 0.480 e. The maximum Gasteiger partial charge on any atom is 0.323 e. The highest BCUT2D eigenvalue weighted by Gasteiger charge is 2.28. The molecule has 0 bridgehead atoms. The molecule has 1 aliphatic carbocycles. The minimum absolute atomic E-state index is 0.223. The van der Waals surface area contributed by atoms with Crippen molar-refractivity contribution in [3.63, 3.8) is 0 Å². The molecule has 1 amide bonds. The molecule has 5 nitrogen and oxygen atoms in total. The minimum atomic E-state index is -1.02. The summed E-state index contributed by atoms with van der Waals surface area (Å²) < 4.78 is 0. The lowest BCUT2D eigenvalue weighted by atomic mass is 10.3. The molecule has 0 radical (unpaired) electrons. The molecule has 1 heterocycles. The van der Waals surface area contributed by atoms with Crippen molar-refractivity contribution < 1.29 is 14.7 Å². The van der Waals surface area contributed by atoms with Crippen molar-refractivity contribution in [1.82, 2.24) is 9.88 Å². The Kier molecular flexibility index (Phi) is 3.81. The number of carbonyl (C=O) groups is 2. The summed E-state index contributed by atoms with van der Waals surface area (Å²) in [6, 6.07) is 3.07. The zero-order valence-electron chi connectivity index (χ0n) is 9.67. The normalized spacial score (nSPS) is 14.3. The van der Waals surface area contributed by atoms with Gasteiger partial charge in [-0.15, -0.1) is 0 Å². The highest BCUT2D eigenvalue weighted by Crippen LogP contribution is 2.30. The van der Waals surface area contributed by atoms with Crippen LogP contribution in [0.2, 0.25) is 5.02 Å². The summed E-state index contributed by atoms with van der Waals surface area (Å²) in [6.07, 6.45) is 3.49. The second-order valence-corrected chi connectivity index (χ2v) is 4.82. The van der Waals surface area contributed by atoms with Crippen LogP contribution in [-0.4, -0.2) is 40.0 Å². The van der Waals surface area contributed by atoms with Crippen LogP contribution in [0.25, 0.3) is 0 Å². The van der Waals surface area contributed by atoms with Gasteiger partial charge in [0.1, 0.15) is 12.2 Å². The molecule has 18 heavy (non-hydrogen) atoms. The summed E-state index contributed by atoms with van der Waals surface area (Å²) in [7, 11) is 0. The van der Waals surface area contributed by atoms with E-state index in [1.54, 1.807) is 6.07 Å². The smallest absolute Gasteiger partial charge is 0.323 e. The maximum absolute atomic E-state index is 12.1. The standard InChI is InChI=1S/C12H13ClN2O3/c13-9-3-4-10(14-5-9)12(18)15(7-11(16)17)6-8-1-2-8/h3-5,8H,1-2,6-7H2,(H,16,17). The summed E-state index contributed by atoms with van der Waals surface area (Å²) in [5.74, 6) is -0.945. The second kappa shape index (κ2) is 5.35. The van der Waals surface area contributed by atoms with E-state index in [9.17, 15) is 9.59 Å². The van der Waals surface area contributed by atoms with E-state index < -0.39 is 5.97 Å². The van der Waals surface area contributed by atoms with Gasteiger partial charge in [-0.1, -0.05) is 11.6 Å². The Morgan fingerprint density at radius 2 is 2.17 bits per heavy atom. The van der Waals surface area contributed by atoms with E-state index in [1.807, 2.05) is 0 Å². The molecule has 1 N–H and O–H groups in total. The predicted molar refractivity (Wildman–Crippen MR) is 65.5 cm³/mol. The first-order chi connectivity index (χ1) is 8.56. The van der Waals surface area contributed by atoms with Crippen LogP contribution in [0, 0.1) is 5.92 Å². The van der Waals surface area contributed by atoms with Crippen molar-refractivity contribution in [1.29, 1.82) is 0 Å². The number of amides is 1. The first kappa shape index (κ1) is 12.8. The average Bonchev–Trinajstić information content (AvgIpc) is 3.12. The van der Waals surface area contributed by atoms with Crippen molar-refractivity contribution in [2.75, 3.05) is 13.1 Å². The average molecular weight is 269 g/mol. The van der Waals surface area contributed by atoms with Gasteiger partial charge in [0.15, 0.2) is 0 Å². The molecule has 1 aliphatic rings. The summed E-state index contributed by atoms with van der Waals surface area (Å²) in [4.78, 5) is 28.1. The van der Waals surface area contributed by atoms with E-state index in [0.29, 0.717) is 17.5 Å². The number of aliphatic carboxylic acids is 1. The van der Waals surface area contributed by atoms with Crippen molar-refractivity contribution >= 4 is 23.5 Å². The molecule has 0 spiro atoms. The molecule has 0 aliphatic heterocycles. The molecule has 1 aromatic heterocycles. The summed E-state index contributed by atoms with van der Waals surface area (Å²) in [6.45, 7) is 0.190. The Labute approximate surface area is 109 Å². The van der Waals surface area contributed by atoms with Crippen molar-refractivity contribution in [2.24, 2.45) is 5.92 Å². The lowest BCUT2D eigenvalue weighted by Gasteiger charge is -2.19. The zero-order valence-corrected chi connectivity index (χ0v) is 10.4. The van der Waals surface area contributed by atoms with Gasteiger partial charge in [-0.3, -0.25) is 9.59 Å². The first-order valence-electron chi connectivity index (χ1n) is 5.69. The van der Waals surface area contributed by atoms with Crippen LogP contribution in [0.5, 0.6) is 0 Å². The van der Waals surface area contributed by atoms with E-state index in [2.05, 4.69) is 4.98 Å². The molecular formula is C12H13ClN2O3. The monoisotopic (exact) mass is 268 g/mol. The number of nitrogens with zero attached hydrogens (tertiary/aromatic N) is 2. The fourth-order valence-corrected chi connectivity index (χ4v) is 1.77. The van der Waals surface area contributed by atoms with Crippen LogP contribution in [0.1, 0.15) is 23.3 Å². The fraction of sp³-hybridized carbons (Fsp3) is 0.417. The molecule has 0 unspecified atom stereocenters. The maximum atomic E-state index is 12.1. The lowest BCUT2D eigenvalue weighted by Crippen LogP contribution is -2.37. The zero-order chi connectivity index (χ0) is 13.1. The second-order valence-electron chi connectivity index (χ2n) is 4.38. The van der Waals surface area contributed by atoms with Gasteiger partial charge in [-0.2, -0.15) is 0 Å². The first-order valence-corrected chi connectivity index (χ1v) is 6.06. The Morgan fingerprint density at radius 3 is 2.67 bits per heavy atom. The summed E-state index contributed by atoms with van der Waals surface area (Å²) in [5.41, 5.74) is 0.223. The third-order valence-electron chi connectivity index (χ3n) is 2.74. The van der Waals surface area contributed by atoms with Crippen LogP contribution in [0.15, 0.2) is 18.3 Å². The Balaban J connectivity index is 2.10. The van der Waals surface area contributed by atoms with Crippen LogP contribution in [0.4, 0.5) is 0 Å². The molecule has 1 fully saturated rings. The molecule has 1 saturated carbocycles. The highest BCUT2D eigenvalue weighted by atomic mass is 35.5. The minimum Gasteiger partial charge on any atom is -0.480 e. The number of carboxylic acid groups (broad SMARTS) is 1. The van der Waals surface area contributed by atoms with Crippen molar-refractivity contribution in [3.8, 4) is 0 Å². The number of carbonyl (C=O) groups excluding carboxylic acids is 1. The number of hydrogen-bond donors (Lipinski definition) is 1. The molecule has 0 aromatic carbocycles. The van der Waals surface area contributed by atoms with Gasteiger partial charge >= 0.3 is 5.97 Å². The Hall–Kier alpha value is -1.62. The fourth-order valence-electron chi connectivity index (χ4n) is 1.66. The Morgan fingerprint density at radius 1 is 1.44 bits per heavy atom. The van der Waals surface area contributed by atoms with E-state index in [4.69, 9.17) is 16.7 Å². The lowest BCUT2D eigenvalue weighted by molar-refractivity contribution is -0.137. The van der Waals surface area contributed by atoms with Gasteiger partial charge in [-0.25, -0.2) is 4.98 Å². The molecule has 2 rings (SSSR count). The van der Waals surface area contributed by atoms with E-state index >= 15 is 0 Å². The van der Waals surface area contributed by atoms with Gasteiger partial charge < -0.3 is 10.0 Å². The van der Waals surface area contributed by atoms with Gasteiger partial charge in [0, 0.05) is 12.7 Å². The van der Waals surface area contributed by atoms with Crippen molar-refractivity contribution in [3.05, 3.63) is 29.0 Å². The van der Waals surface area contributed by atoms with Gasteiger partial charge in [0.25, 0.3) is 5.91 Å². The van der Waals surface area contributed by atoms with Gasteiger partial charge in [0.2, 0.25) is 0 Å². The van der Waals surface area contributed by atoms with Crippen LogP contribution >= 0.6 is 11.6 Å². The van der Waals surface area contributed by atoms with Gasteiger partial charge in [-0.05, 0) is 30.9 Å². The SMILES string of the molecule is O=C(O)CN(CC1CC1)C(=O)c1ccc(Cl)cn1. The number of rotatable bonds is 5. The number of hydrogen-bond acceptors (Lipinski definition) is 3. The van der Waals surface area contributed by atoms with Crippen molar-refractivity contribution in [2.45, 2.75) is 12.8 Å². The molecule has 0 saturated heterocycles. The molecule has 0 atom stereocenters. The quantitative estimate of drug-likeness (QED) is 0.882. The molecule has 1 aromatic rings. The number of halogens is 1. The number of carboxylic acids is 1. The molecule has 6 heteroatoms. The van der Waals surface area contributed by atoms with Crippen LogP contribution in [-0.2, 0) is 4.79 Å². The van der Waals surface area contributed by atoms with Crippen LogP contribution < -0.4 is 0 Å². The third kappa shape index (κ3) is 3.43. The van der Waals surface area contributed by atoms with Gasteiger partial charge in [0.05, 0.1) is 5.02 Å². The number of aromatic nitrogens is 1. The third-order valence-corrected chi connectivity index (χ3v) is 2.96. The summed E-state index contributed by atoms with van der Waals surface area (Å²) >= 11 is 5.69.